The molecule has 0 unspecified atom stereocenters. The Bertz CT molecular complexity index is 272. The van der Waals surface area contributed by atoms with E-state index in [4.69, 9.17) is 10.0 Å². The van der Waals surface area contributed by atoms with Crippen LogP contribution in [-0.2, 0) is 0 Å². The van der Waals surface area contributed by atoms with Gasteiger partial charge in [-0.3, -0.25) is 0 Å². The average Bonchev–Trinajstić information content (AvgIpc) is 2.04. The zero-order chi connectivity index (χ0) is 11.3. The molecule has 1 rings (SSSR count). The van der Waals surface area contributed by atoms with Crippen LogP contribution in [0.4, 0.5) is 0 Å². The fourth-order valence-corrected chi connectivity index (χ4v) is 1.60. The molecule has 0 amide bonds. The Hall–Kier alpha value is -0.795. The van der Waals surface area contributed by atoms with Gasteiger partial charge in [0.15, 0.2) is 0 Å². The van der Waals surface area contributed by atoms with E-state index in [1.807, 2.05) is 46.8 Å². The number of aryl methyl sites for hydroxylation is 3. The molecule has 1 aromatic rings. The monoisotopic (exact) mass is 194 g/mol. The lowest BCUT2D eigenvalue weighted by atomic mass is 9.74. The van der Waals surface area contributed by atoms with Crippen LogP contribution >= 0.6 is 0 Å². The average molecular weight is 194 g/mol. The van der Waals surface area contributed by atoms with Crippen molar-refractivity contribution in [2.24, 2.45) is 0 Å². The molecule has 0 atom stereocenters. The van der Waals surface area contributed by atoms with Gasteiger partial charge in [-0.1, -0.05) is 42.7 Å². The van der Waals surface area contributed by atoms with Crippen molar-refractivity contribution in [3.63, 3.8) is 0 Å². The molecule has 14 heavy (non-hydrogen) atoms. The fraction of sp³-hybridized carbons (Fsp3) is 0.455. The molecule has 0 radical (unpaired) electrons. The van der Waals surface area contributed by atoms with E-state index in [0.29, 0.717) is 5.46 Å². The molecule has 0 aromatic heterocycles. The third-order valence-corrected chi connectivity index (χ3v) is 2.00. The zero-order valence-corrected chi connectivity index (χ0v) is 9.63. The van der Waals surface area contributed by atoms with Crippen LogP contribution in [0.15, 0.2) is 12.1 Å². The molecule has 0 aliphatic rings. The van der Waals surface area contributed by atoms with Gasteiger partial charge in [-0.25, -0.2) is 0 Å². The minimum atomic E-state index is -1.36. The summed E-state index contributed by atoms with van der Waals surface area (Å²) >= 11 is 0. The highest BCUT2D eigenvalue weighted by molar-refractivity contribution is 6.59. The molecule has 0 bridgehead atoms. The highest BCUT2D eigenvalue weighted by Crippen LogP contribution is 2.05. The summed E-state index contributed by atoms with van der Waals surface area (Å²) in [5.74, 6) is 0. The van der Waals surface area contributed by atoms with E-state index in [9.17, 15) is 0 Å². The second-order valence-corrected chi connectivity index (χ2v) is 3.19. The summed E-state index contributed by atoms with van der Waals surface area (Å²) in [7, 11) is -1.36. The first-order valence-corrected chi connectivity index (χ1v) is 4.96. The van der Waals surface area contributed by atoms with Gasteiger partial charge >= 0.3 is 7.12 Å². The summed E-state index contributed by atoms with van der Waals surface area (Å²) < 4.78 is 0. The first kappa shape index (κ1) is 13.2. The molecule has 1 aromatic carbocycles. The molecule has 0 aliphatic carbocycles. The lowest BCUT2D eigenvalue weighted by Gasteiger charge is -2.09. The van der Waals surface area contributed by atoms with Gasteiger partial charge in [0.25, 0.3) is 0 Å². The standard InChI is InChI=1S/C9H13BO2.C2H6/c1-6-4-7(2)9(10(11)12)8(3)5-6;1-2/h4-5,11-12H,1-3H3;1-2H3. The molecule has 0 saturated carbocycles. The first-order chi connectivity index (χ1) is 6.52. The zero-order valence-electron chi connectivity index (χ0n) is 9.63. The summed E-state index contributed by atoms with van der Waals surface area (Å²) in [6.07, 6.45) is 0. The molecule has 0 heterocycles. The van der Waals surface area contributed by atoms with Crippen molar-refractivity contribution in [3.8, 4) is 0 Å². The van der Waals surface area contributed by atoms with Gasteiger partial charge in [-0.2, -0.15) is 0 Å². The predicted octanol–water partition coefficient (Wildman–Crippen LogP) is 1.32. The van der Waals surface area contributed by atoms with Crippen LogP contribution in [0.5, 0.6) is 0 Å². The lowest BCUT2D eigenvalue weighted by molar-refractivity contribution is 0.425. The number of hydrogen-bond acceptors (Lipinski definition) is 2. The van der Waals surface area contributed by atoms with E-state index in [1.54, 1.807) is 0 Å². The Labute approximate surface area is 86.7 Å². The van der Waals surface area contributed by atoms with Gasteiger partial charge in [0.2, 0.25) is 0 Å². The second-order valence-electron chi connectivity index (χ2n) is 3.19. The maximum absolute atomic E-state index is 9.03. The van der Waals surface area contributed by atoms with Crippen molar-refractivity contribution >= 4 is 12.6 Å². The summed E-state index contributed by atoms with van der Waals surface area (Å²) in [4.78, 5) is 0. The Morgan fingerprint density at radius 1 is 0.929 bits per heavy atom. The second kappa shape index (κ2) is 5.84. The van der Waals surface area contributed by atoms with E-state index >= 15 is 0 Å². The van der Waals surface area contributed by atoms with Crippen molar-refractivity contribution < 1.29 is 10.0 Å². The highest BCUT2D eigenvalue weighted by atomic mass is 16.4. The number of benzene rings is 1. The summed E-state index contributed by atoms with van der Waals surface area (Å²) in [5, 5.41) is 18.1. The third-order valence-electron chi connectivity index (χ3n) is 2.00. The maximum atomic E-state index is 9.03. The van der Waals surface area contributed by atoms with Crippen LogP contribution in [0.1, 0.15) is 30.5 Å². The van der Waals surface area contributed by atoms with Gasteiger partial charge < -0.3 is 10.0 Å². The topological polar surface area (TPSA) is 40.5 Å². The molecule has 0 saturated heterocycles. The molecule has 2 N–H and O–H groups in total. The Morgan fingerprint density at radius 2 is 1.29 bits per heavy atom. The van der Waals surface area contributed by atoms with Gasteiger partial charge in [-0.05, 0) is 26.2 Å². The highest BCUT2D eigenvalue weighted by Gasteiger charge is 2.16. The lowest BCUT2D eigenvalue weighted by Crippen LogP contribution is -2.34. The van der Waals surface area contributed by atoms with Crippen molar-refractivity contribution in [2.45, 2.75) is 34.6 Å². The molecule has 3 heteroatoms. The number of hydrogen-bond donors (Lipinski definition) is 2. The van der Waals surface area contributed by atoms with Crippen LogP contribution in [-0.4, -0.2) is 17.2 Å². The van der Waals surface area contributed by atoms with E-state index in [0.717, 1.165) is 16.7 Å². The van der Waals surface area contributed by atoms with Gasteiger partial charge in [0, 0.05) is 0 Å². The van der Waals surface area contributed by atoms with Gasteiger partial charge in [0.1, 0.15) is 0 Å². The summed E-state index contributed by atoms with van der Waals surface area (Å²) in [5.41, 5.74) is 3.64. The van der Waals surface area contributed by atoms with Crippen LogP contribution in [0, 0.1) is 20.8 Å². The van der Waals surface area contributed by atoms with Crippen molar-refractivity contribution in [3.05, 3.63) is 28.8 Å². The smallest absolute Gasteiger partial charge is 0.423 e. The van der Waals surface area contributed by atoms with Crippen LogP contribution in [0.2, 0.25) is 0 Å². The summed E-state index contributed by atoms with van der Waals surface area (Å²) in [6, 6.07) is 3.89. The third kappa shape index (κ3) is 3.16. The van der Waals surface area contributed by atoms with Crippen molar-refractivity contribution in [2.75, 3.05) is 0 Å². The normalized spacial score (nSPS) is 9.07. The SMILES string of the molecule is CC.Cc1cc(C)c(B(O)O)c(C)c1. The Balaban J connectivity index is 0.000000791. The van der Waals surface area contributed by atoms with Gasteiger partial charge in [-0.15, -0.1) is 0 Å². The molecular weight excluding hydrogens is 175 g/mol. The molecule has 0 fully saturated rings. The fourth-order valence-electron chi connectivity index (χ4n) is 1.60. The molecular formula is C11H19BO2. The Kier molecular flexibility index (Phi) is 5.50. The predicted molar refractivity (Wildman–Crippen MR) is 61.8 cm³/mol. The van der Waals surface area contributed by atoms with E-state index < -0.39 is 7.12 Å². The molecule has 0 spiro atoms. The minimum Gasteiger partial charge on any atom is -0.423 e. The van der Waals surface area contributed by atoms with Crippen LogP contribution in [0.3, 0.4) is 0 Å². The van der Waals surface area contributed by atoms with Crippen molar-refractivity contribution in [1.82, 2.24) is 0 Å². The molecule has 78 valence electrons. The van der Waals surface area contributed by atoms with Crippen LogP contribution in [0.25, 0.3) is 0 Å². The maximum Gasteiger partial charge on any atom is 0.488 e. The number of rotatable bonds is 1. The van der Waals surface area contributed by atoms with E-state index in [2.05, 4.69) is 0 Å². The van der Waals surface area contributed by atoms with Crippen molar-refractivity contribution in [1.29, 1.82) is 0 Å². The Morgan fingerprint density at radius 3 is 1.57 bits per heavy atom. The quantitative estimate of drug-likeness (QED) is 0.662. The molecule has 2 nitrogen and oxygen atoms in total. The minimum absolute atomic E-state index is 0.626. The molecule has 0 aliphatic heterocycles. The van der Waals surface area contributed by atoms with E-state index in [1.165, 1.54) is 0 Å². The van der Waals surface area contributed by atoms with Crippen LogP contribution < -0.4 is 5.46 Å². The van der Waals surface area contributed by atoms with E-state index in [-0.39, 0.29) is 0 Å². The first-order valence-electron chi connectivity index (χ1n) is 4.96. The van der Waals surface area contributed by atoms with Gasteiger partial charge in [0.05, 0.1) is 0 Å². The summed E-state index contributed by atoms with van der Waals surface area (Å²) in [6.45, 7) is 9.76. The largest absolute Gasteiger partial charge is 0.488 e.